The van der Waals surface area contributed by atoms with E-state index in [9.17, 15) is 19.2 Å². The van der Waals surface area contributed by atoms with Gasteiger partial charge in [0, 0.05) is 17.8 Å². The van der Waals surface area contributed by atoms with Gasteiger partial charge in [-0.3, -0.25) is 34.4 Å². The predicted octanol–water partition coefficient (Wildman–Crippen LogP) is 0.828. The van der Waals surface area contributed by atoms with Crippen LogP contribution in [0, 0.1) is 6.92 Å². The molecule has 2 aromatic carbocycles. The number of hydrazine groups is 1. The first kappa shape index (κ1) is 19.8. The number of rotatable bonds is 5. The number of aromatic nitrogens is 2. The first-order chi connectivity index (χ1) is 14.0. The quantitative estimate of drug-likeness (QED) is 0.628. The summed E-state index contributed by atoms with van der Waals surface area (Å²) in [5, 5.41) is 0. The Morgan fingerprint density at radius 3 is 2.31 bits per heavy atom. The summed E-state index contributed by atoms with van der Waals surface area (Å²) in [6, 6.07) is 17.4. The lowest BCUT2D eigenvalue weighted by Gasteiger charge is -2.11. The zero-order valence-corrected chi connectivity index (χ0v) is 15.8. The molecule has 0 aliphatic heterocycles. The van der Waals surface area contributed by atoms with Gasteiger partial charge < -0.3 is 0 Å². The van der Waals surface area contributed by atoms with Crippen molar-refractivity contribution in [2.45, 2.75) is 20.0 Å². The minimum absolute atomic E-state index is 0.269. The lowest BCUT2D eigenvalue weighted by Crippen LogP contribution is -2.47. The third kappa shape index (κ3) is 4.86. The molecule has 3 aromatic rings. The van der Waals surface area contributed by atoms with Gasteiger partial charge in [0.25, 0.3) is 17.4 Å². The summed E-state index contributed by atoms with van der Waals surface area (Å²) in [5.74, 6) is -1.18. The third-order valence-electron chi connectivity index (χ3n) is 4.34. The molecule has 0 atom stereocenters. The molecule has 2 N–H and O–H groups in total. The lowest BCUT2D eigenvalue weighted by molar-refractivity contribution is -0.122. The molecule has 1 aromatic heterocycles. The minimum Gasteiger partial charge on any atom is -0.296 e. The molecule has 0 radical (unpaired) electrons. The third-order valence-corrected chi connectivity index (χ3v) is 4.34. The molecule has 0 aliphatic carbocycles. The maximum absolute atomic E-state index is 12.6. The highest BCUT2D eigenvalue weighted by Gasteiger charge is 2.13. The van der Waals surface area contributed by atoms with Crippen molar-refractivity contribution in [1.82, 2.24) is 20.0 Å². The normalized spacial score (nSPS) is 10.4. The Balaban J connectivity index is 1.69. The van der Waals surface area contributed by atoms with Gasteiger partial charge >= 0.3 is 5.69 Å². The highest BCUT2D eigenvalue weighted by atomic mass is 16.2. The largest absolute Gasteiger partial charge is 0.331 e. The Morgan fingerprint density at radius 2 is 1.59 bits per heavy atom. The first-order valence-electron chi connectivity index (χ1n) is 8.95. The maximum atomic E-state index is 12.6. The fourth-order valence-corrected chi connectivity index (χ4v) is 2.81. The van der Waals surface area contributed by atoms with Gasteiger partial charge in [0.05, 0.1) is 6.54 Å². The van der Waals surface area contributed by atoms with Gasteiger partial charge in [-0.25, -0.2) is 4.79 Å². The van der Waals surface area contributed by atoms with Crippen molar-refractivity contribution in [3.05, 3.63) is 104 Å². The SMILES string of the molecule is Cc1ccccc1C(=O)NNC(=O)Cn1c(=O)ccn(Cc2ccccc2)c1=O. The molecule has 0 saturated heterocycles. The van der Waals surface area contributed by atoms with Crippen LogP contribution in [0.4, 0.5) is 0 Å². The molecule has 29 heavy (non-hydrogen) atoms. The van der Waals surface area contributed by atoms with E-state index >= 15 is 0 Å². The smallest absolute Gasteiger partial charge is 0.296 e. The zero-order chi connectivity index (χ0) is 20.8. The van der Waals surface area contributed by atoms with E-state index in [2.05, 4.69) is 10.9 Å². The average Bonchev–Trinajstić information content (AvgIpc) is 2.72. The Kier molecular flexibility index (Phi) is 6.03. The summed E-state index contributed by atoms with van der Waals surface area (Å²) in [4.78, 5) is 49.0. The highest BCUT2D eigenvalue weighted by Crippen LogP contribution is 2.05. The molecule has 0 aliphatic rings. The molecule has 8 nitrogen and oxygen atoms in total. The van der Waals surface area contributed by atoms with Gasteiger partial charge in [0.1, 0.15) is 6.54 Å². The Morgan fingerprint density at radius 1 is 0.897 bits per heavy atom. The number of carbonyl (C=O) groups excluding carboxylic acids is 2. The van der Waals surface area contributed by atoms with Crippen LogP contribution in [0.2, 0.25) is 0 Å². The summed E-state index contributed by atoms with van der Waals surface area (Å²) in [6.45, 7) is 1.53. The van der Waals surface area contributed by atoms with Crippen molar-refractivity contribution >= 4 is 11.8 Å². The van der Waals surface area contributed by atoms with E-state index in [-0.39, 0.29) is 6.54 Å². The number of amides is 2. The van der Waals surface area contributed by atoms with Gasteiger partial charge in [-0.15, -0.1) is 0 Å². The van der Waals surface area contributed by atoms with Crippen LogP contribution in [0.1, 0.15) is 21.5 Å². The second kappa shape index (κ2) is 8.83. The maximum Gasteiger partial charge on any atom is 0.331 e. The first-order valence-corrected chi connectivity index (χ1v) is 8.95. The van der Waals surface area contributed by atoms with Crippen LogP contribution in [0.3, 0.4) is 0 Å². The van der Waals surface area contributed by atoms with Crippen molar-refractivity contribution in [2.75, 3.05) is 0 Å². The fraction of sp³-hybridized carbons (Fsp3) is 0.143. The van der Waals surface area contributed by atoms with Crippen LogP contribution in [0.15, 0.2) is 76.4 Å². The molecule has 3 rings (SSSR count). The van der Waals surface area contributed by atoms with Gasteiger partial charge in [-0.2, -0.15) is 0 Å². The van der Waals surface area contributed by atoms with E-state index in [0.29, 0.717) is 5.56 Å². The number of benzene rings is 2. The van der Waals surface area contributed by atoms with Crippen molar-refractivity contribution in [1.29, 1.82) is 0 Å². The van der Waals surface area contributed by atoms with Gasteiger partial charge in [0.15, 0.2) is 0 Å². The fourth-order valence-electron chi connectivity index (χ4n) is 2.81. The molecule has 0 spiro atoms. The summed E-state index contributed by atoms with van der Waals surface area (Å²) in [7, 11) is 0. The summed E-state index contributed by atoms with van der Waals surface area (Å²) >= 11 is 0. The summed E-state index contributed by atoms with van der Waals surface area (Å²) in [5.41, 5.74) is 5.37. The Hall–Kier alpha value is -3.94. The molecule has 0 unspecified atom stereocenters. The standard InChI is InChI=1S/C21H20N4O4/c1-15-7-5-6-10-17(15)20(28)23-22-18(26)14-25-19(27)11-12-24(21(25)29)13-16-8-3-2-4-9-16/h2-12H,13-14H2,1H3,(H,22,26)(H,23,28). The monoisotopic (exact) mass is 392 g/mol. The van der Waals surface area contributed by atoms with Crippen molar-refractivity contribution in [2.24, 2.45) is 0 Å². The lowest BCUT2D eigenvalue weighted by atomic mass is 10.1. The Labute approximate surface area is 166 Å². The van der Waals surface area contributed by atoms with Gasteiger partial charge in [-0.05, 0) is 24.1 Å². The number of carbonyl (C=O) groups is 2. The second-order valence-electron chi connectivity index (χ2n) is 6.45. The van der Waals surface area contributed by atoms with E-state index in [1.165, 1.54) is 16.8 Å². The van der Waals surface area contributed by atoms with Crippen LogP contribution in [0.25, 0.3) is 0 Å². The predicted molar refractivity (Wildman–Crippen MR) is 107 cm³/mol. The van der Waals surface area contributed by atoms with Crippen LogP contribution in [0.5, 0.6) is 0 Å². The van der Waals surface area contributed by atoms with Crippen LogP contribution < -0.4 is 22.1 Å². The van der Waals surface area contributed by atoms with Crippen molar-refractivity contribution < 1.29 is 9.59 Å². The van der Waals surface area contributed by atoms with Gasteiger partial charge in [-0.1, -0.05) is 48.5 Å². The zero-order valence-electron chi connectivity index (χ0n) is 15.8. The number of aryl methyl sites for hydroxylation is 1. The van der Waals surface area contributed by atoms with Crippen LogP contribution >= 0.6 is 0 Å². The van der Waals surface area contributed by atoms with E-state index in [0.717, 1.165) is 15.7 Å². The van der Waals surface area contributed by atoms with E-state index < -0.39 is 29.6 Å². The number of hydrogen-bond donors (Lipinski definition) is 2. The molecular formula is C21H20N4O4. The molecule has 0 fully saturated rings. The van der Waals surface area contributed by atoms with Gasteiger partial charge in [0.2, 0.25) is 0 Å². The van der Waals surface area contributed by atoms with E-state index in [1.54, 1.807) is 31.2 Å². The number of nitrogens with zero attached hydrogens (tertiary/aromatic N) is 2. The highest BCUT2D eigenvalue weighted by molar-refractivity contribution is 5.96. The molecule has 8 heteroatoms. The molecule has 0 bridgehead atoms. The van der Waals surface area contributed by atoms with E-state index in [4.69, 9.17) is 0 Å². The van der Waals surface area contributed by atoms with E-state index in [1.807, 2.05) is 30.3 Å². The number of nitrogens with one attached hydrogen (secondary N) is 2. The summed E-state index contributed by atoms with van der Waals surface area (Å²) in [6.07, 6.45) is 1.39. The minimum atomic E-state index is -0.691. The molecule has 1 heterocycles. The molecule has 2 amide bonds. The molecule has 0 saturated carbocycles. The van der Waals surface area contributed by atoms with Crippen molar-refractivity contribution in [3.8, 4) is 0 Å². The topological polar surface area (TPSA) is 102 Å². The summed E-state index contributed by atoms with van der Waals surface area (Å²) < 4.78 is 2.16. The molecule has 148 valence electrons. The van der Waals surface area contributed by atoms with Crippen LogP contribution in [-0.4, -0.2) is 20.9 Å². The molecular weight excluding hydrogens is 372 g/mol. The average molecular weight is 392 g/mol. The van der Waals surface area contributed by atoms with Crippen molar-refractivity contribution in [3.63, 3.8) is 0 Å². The number of hydrogen-bond acceptors (Lipinski definition) is 4. The Bertz CT molecular complexity index is 1150. The second-order valence-corrected chi connectivity index (χ2v) is 6.45. The van der Waals surface area contributed by atoms with Crippen LogP contribution in [-0.2, 0) is 17.9 Å².